The van der Waals surface area contributed by atoms with Crippen LogP contribution in [0.2, 0.25) is 0 Å². The monoisotopic (exact) mass is 234 g/mol. The Morgan fingerprint density at radius 3 is 2.71 bits per heavy atom. The van der Waals surface area contributed by atoms with Crippen molar-refractivity contribution in [2.24, 2.45) is 16.1 Å². The highest BCUT2D eigenvalue weighted by molar-refractivity contribution is 5.94. The Kier molecular flexibility index (Phi) is 4.61. The van der Waals surface area contributed by atoms with Gasteiger partial charge in [-0.1, -0.05) is 17.4 Å². The molecule has 0 aliphatic carbocycles. The molecule has 0 saturated heterocycles. The van der Waals surface area contributed by atoms with Gasteiger partial charge in [0.1, 0.15) is 0 Å². The zero-order chi connectivity index (χ0) is 12.7. The Hall–Kier alpha value is -2.44. The maximum absolute atomic E-state index is 11.0. The van der Waals surface area contributed by atoms with Crippen molar-refractivity contribution < 1.29 is 4.79 Å². The molecule has 0 spiro atoms. The molecule has 0 fully saturated rings. The largest absolute Gasteiger partial charge is 0.364 e. The van der Waals surface area contributed by atoms with E-state index in [1.165, 1.54) is 6.33 Å². The molecule has 7 heteroatoms. The van der Waals surface area contributed by atoms with Crippen molar-refractivity contribution in [1.82, 2.24) is 15.0 Å². The van der Waals surface area contributed by atoms with Gasteiger partial charge >= 0.3 is 0 Å². The molecule has 1 heterocycles. The lowest BCUT2D eigenvalue weighted by Gasteiger charge is -2.11. The lowest BCUT2D eigenvalue weighted by atomic mass is 10.4. The summed E-state index contributed by atoms with van der Waals surface area (Å²) >= 11 is 0. The van der Waals surface area contributed by atoms with E-state index in [9.17, 15) is 4.79 Å². The summed E-state index contributed by atoms with van der Waals surface area (Å²) in [5.74, 6) is -0.467. The Morgan fingerprint density at radius 2 is 2.18 bits per heavy atom. The molecule has 7 nitrogen and oxygen atoms in total. The third kappa shape index (κ3) is 3.56. The van der Waals surface area contributed by atoms with E-state index in [4.69, 9.17) is 5.73 Å². The van der Waals surface area contributed by atoms with Crippen molar-refractivity contribution in [3.05, 3.63) is 37.3 Å². The molecule has 0 radical (unpaired) electrons. The second-order valence-corrected chi connectivity index (χ2v) is 3.10. The maximum atomic E-state index is 11.0. The fourth-order valence-electron chi connectivity index (χ4n) is 1.10. The number of rotatable bonds is 7. The number of nitrogens with zero attached hydrogens (tertiary/aromatic N) is 4. The van der Waals surface area contributed by atoms with Crippen LogP contribution in [0.15, 0.2) is 42.0 Å². The average molecular weight is 234 g/mol. The molecule has 3 N–H and O–H groups in total. The van der Waals surface area contributed by atoms with Crippen LogP contribution in [0.5, 0.6) is 0 Å². The van der Waals surface area contributed by atoms with Gasteiger partial charge in [-0.3, -0.25) is 9.80 Å². The normalized spacial score (nSPS) is 10.4. The van der Waals surface area contributed by atoms with Crippen molar-refractivity contribution in [2.75, 3.05) is 13.1 Å². The number of hydrogen-bond acceptors (Lipinski definition) is 4. The van der Waals surface area contributed by atoms with Crippen molar-refractivity contribution in [2.45, 2.75) is 0 Å². The van der Waals surface area contributed by atoms with E-state index in [0.717, 1.165) is 0 Å². The molecular formula is C10H14N6O. The Morgan fingerprint density at radius 1 is 1.53 bits per heavy atom. The molecule has 17 heavy (non-hydrogen) atoms. The van der Waals surface area contributed by atoms with Crippen LogP contribution in [0.1, 0.15) is 10.5 Å². The van der Waals surface area contributed by atoms with Crippen LogP contribution in [-0.2, 0) is 0 Å². The highest BCUT2D eigenvalue weighted by Gasteiger charge is 2.10. The Bertz CT molecular complexity index is 426. The van der Waals surface area contributed by atoms with Crippen molar-refractivity contribution in [3.63, 3.8) is 0 Å². The third-order valence-electron chi connectivity index (χ3n) is 1.81. The fourth-order valence-corrected chi connectivity index (χ4v) is 1.10. The van der Waals surface area contributed by atoms with E-state index >= 15 is 0 Å². The van der Waals surface area contributed by atoms with Crippen LogP contribution in [0.3, 0.4) is 0 Å². The first-order valence-corrected chi connectivity index (χ1v) is 4.90. The van der Waals surface area contributed by atoms with Gasteiger partial charge in [-0.15, -0.1) is 18.3 Å². The summed E-state index contributed by atoms with van der Waals surface area (Å²) in [5.41, 5.74) is 5.26. The minimum absolute atomic E-state index is 0.130. The number of nitrogens with two attached hydrogens (primary N) is 1. The predicted molar refractivity (Wildman–Crippen MR) is 63.6 cm³/mol. The topological polar surface area (TPSA) is 99.7 Å². The lowest BCUT2D eigenvalue weighted by molar-refractivity contribution is 0.0996. The van der Waals surface area contributed by atoms with Crippen LogP contribution < -0.4 is 5.73 Å². The first-order valence-electron chi connectivity index (χ1n) is 4.90. The maximum Gasteiger partial charge on any atom is 0.269 e. The first-order chi connectivity index (χ1) is 8.19. The minimum atomic E-state index is -0.629. The molecule has 0 aromatic carbocycles. The lowest BCUT2D eigenvalue weighted by Crippen LogP contribution is -2.16. The number of primary amides is 1. The van der Waals surface area contributed by atoms with Crippen LogP contribution in [0.25, 0.3) is 0 Å². The second-order valence-electron chi connectivity index (χ2n) is 3.10. The molecule has 0 aliphatic rings. The highest BCUT2D eigenvalue weighted by Crippen LogP contribution is 2.13. The number of aromatic amines is 1. The van der Waals surface area contributed by atoms with Gasteiger partial charge in [-0.25, -0.2) is 4.98 Å². The summed E-state index contributed by atoms with van der Waals surface area (Å²) in [6, 6.07) is 0. The molecule has 0 aliphatic heterocycles. The van der Waals surface area contributed by atoms with Crippen molar-refractivity contribution >= 4 is 11.7 Å². The number of imidazole rings is 1. The zero-order valence-corrected chi connectivity index (χ0v) is 9.33. The molecule has 0 saturated carbocycles. The van der Waals surface area contributed by atoms with Gasteiger partial charge in [0.2, 0.25) is 5.82 Å². The second kappa shape index (κ2) is 6.21. The number of aromatic nitrogens is 2. The van der Waals surface area contributed by atoms with E-state index < -0.39 is 5.91 Å². The number of carbonyl (C=O) groups is 1. The molecular weight excluding hydrogens is 220 g/mol. The van der Waals surface area contributed by atoms with E-state index in [-0.39, 0.29) is 11.5 Å². The summed E-state index contributed by atoms with van der Waals surface area (Å²) in [6.45, 7) is 8.24. The van der Waals surface area contributed by atoms with Gasteiger partial charge in [0.05, 0.1) is 19.4 Å². The standard InChI is InChI=1S/C10H14N6O/c1-3-5-16(6-4-2)15-14-10-8(9(11)17)12-7-13-10/h3-4,7H,1-2,5-6H2,(H2,11,17)(H,12,13)/b15-14+. The summed E-state index contributed by atoms with van der Waals surface area (Å²) in [6.07, 6.45) is 4.70. The quantitative estimate of drug-likeness (QED) is 0.421. The van der Waals surface area contributed by atoms with Crippen LogP contribution in [0, 0.1) is 0 Å². The van der Waals surface area contributed by atoms with Gasteiger partial charge in [0.15, 0.2) is 5.69 Å². The van der Waals surface area contributed by atoms with E-state index in [2.05, 4.69) is 33.5 Å². The molecule has 1 aromatic heterocycles. The summed E-state index contributed by atoms with van der Waals surface area (Å²) in [4.78, 5) is 17.4. The highest BCUT2D eigenvalue weighted by atomic mass is 16.1. The van der Waals surface area contributed by atoms with Gasteiger partial charge in [-0.2, -0.15) is 0 Å². The van der Waals surface area contributed by atoms with E-state index in [1.807, 2.05) is 0 Å². The smallest absolute Gasteiger partial charge is 0.269 e. The summed E-state index contributed by atoms with van der Waals surface area (Å²) in [5, 5.41) is 9.36. The van der Waals surface area contributed by atoms with Crippen molar-refractivity contribution in [1.29, 1.82) is 0 Å². The van der Waals surface area contributed by atoms with E-state index in [0.29, 0.717) is 13.1 Å². The molecule has 0 unspecified atom stereocenters. The van der Waals surface area contributed by atoms with Gasteiger partial charge in [0, 0.05) is 0 Å². The molecule has 0 atom stereocenters. The van der Waals surface area contributed by atoms with Crippen LogP contribution in [0.4, 0.5) is 5.82 Å². The van der Waals surface area contributed by atoms with Crippen molar-refractivity contribution in [3.8, 4) is 0 Å². The SMILES string of the molecule is C=CCN(CC=C)/N=N/c1nc[nH]c1C(N)=O. The van der Waals surface area contributed by atoms with Crippen LogP contribution in [-0.4, -0.2) is 34.0 Å². The predicted octanol–water partition coefficient (Wildman–Crippen LogP) is 1.18. The number of carbonyl (C=O) groups excluding carboxylic acids is 1. The van der Waals surface area contributed by atoms with Crippen LogP contribution >= 0.6 is 0 Å². The number of H-pyrrole nitrogens is 1. The molecule has 90 valence electrons. The summed E-state index contributed by atoms with van der Waals surface area (Å²) < 4.78 is 0. The average Bonchev–Trinajstić information content (AvgIpc) is 2.74. The van der Waals surface area contributed by atoms with E-state index in [1.54, 1.807) is 17.2 Å². The fraction of sp³-hybridized carbons (Fsp3) is 0.200. The molecule has 1 aromatic rings. The first kappa shape index (κ1) is 12.6. The van der Waals surface area contributed by atoms with Gasteiger partial charge in [0.25, 0.3) is 5.91 Å². The Balaban J connectivity index is 2.79. The molecule has 1 amide bonds. The molecule has 1 rings (SSSR count). The number of amides is 1. The zero-order valence-electron chi connectivity index (χ0n) is 9.33. The minimum Gasteiger partial charge on any atom is -0.364 e. The van der Waals surface area contributed by atoms with Gasteiger partial charge < -0.3 is 10.7 Å². The molecule has 0 bridgehead atoms. The Labute approximate surface area is 98.7 Å². The summed E-state index contributed by atoms with van der Waals surface area (Å²) in [7, 11) is 0. The third-order valence-corrected chi connectivity index (χ3v) is 1.81. The number of hydrogen-bond donors (Lipinski definition) is 2. The van der Waals surface area contributed by atoms with Gasteiger partial charge in [-0.05, 0) is 0 Å². The number of nitrogens with one attached hydrogen (secondary N) is 1.